The predicted molar refractivity (Wildman–Crippen MR) is 132 cm³/mol. The van der Waals surface area contributed by atoms with E-state index in [1.165, 1.54) is 0 Å². The summed E-state index contributed by atoms with van der Waals surface area (Å²) in [7, 11) is 0. The fourth-order valence-electron chi connectivity index (χ4n) is 4.45. The molecule has 1 aliphatic rings. The average molecular weight is 453 g/mol. The van der Waals surface area contributed by atoms with Gasteiger partial charge >= 0.3 is 5.97 Å². The number of carbonyl (C=O) groups is 2. The summed E-state index contributed by atoms with van der Waals surface area (Å²) < 4.78 is 6.19. The summed E-state index contributed by atoms with van der Waals surface area (Å²) in [5.41, 5.74) is 0.644. The number of rotatable bonds is 11. The first-order valence-corrected chi connectivity index (χ1v) is 12.0. The monoisotopic (exact) mass is 452 g/mol. The molecule has 1 fully saturated rings. The Bertz CT molecular complexity index is 958. The molecule has 0 bridgehead atoms. The second-order valence-electron chi connectivity index (χ2n) is 8.92. The van der Waals surface area contributed by atoms with Crippen molar-refractivity contribution in [2.75, 3.05) is 19.7 Å². The third-order valence-electron chi connectivity index (χ3n) is 6.14. The Morgan fingerprint density at radius 3 is 2.58 bits per heavy atom. The Labute approximate surface area is 196 Å². The normalized spacial score (nSPS) is 15.1. The Morgan fingerprint density at radius 2 is 1.85 bits per heavy atom. The predicted octanol–water partition coefficient (Wildman–Crippen LogP) is 4.78. The fourth-order valence-corrected chi connectivity index (χ4v) is 4.45. The molecule has 0 radical (unpaired) electrons. The number of carboxylic acid groups (broad SMARTS) is 1. The topological polar surface area (TPSA) is 78.9 Å². The Morgan fingerprint density at radius 1 is 1.12 bits per heavy atom. The molecule has 2 aromatic rings. The minimum absolute atomic E-state index is 0.0235. The number of nitrogens with one attached hydrogen (secondary N) is 1. The van der Waals surface area contributed by atoms with E-state index in [4.69, 9.17) is 9.84 Å². The van der Waals surface area contributed by atoms with Crippen LogP contribution in [0.1, 0.15) is 52.4 Å². The molecule has 0 spiro atoms. The summed E-state index contributed by atoms with van der Waals surface area (Å²) in [6.07, 6.45) is 5.97. The molecular weight excluding hydrogens is 416 g/mol. The number of unbranched alkanes of at least 4 members (excludes halogenated alkanes) is 2. The zero-order chi connectivity index (χ0) is 23.6. The summed E-state index contributed by atoms with van der Waals surface area (Å²) in [6.45, 7) is 6.16. The van der Waals surface area contributed by atoms with Gasteiger partial charge in [0.05, 0.1) is 5.57 Å². The highest BCUT2D eigenvalue weighted by atomic mass is 16.5. The summed E-state index contributed by atoms with van der Waals surface area (Å²) in [5.74, 6) is -0.00234. The minimum atomic E-state index is -0.786. The van der Waals surface area contributed by atoms with Gasteiger partial charge in [0.2, 0.25) is 0 Å². The SMILES string of the molecule is CC(C)N(C(=O)/C(=C/CCCCC(=O)O)COc1cccc2ccccc12)C1CCNCC1. The van der Waals surface area contributed by atoms with Crippen molar-refractivity contribution in [3.05, 3.63) is 54.1 Å². The van der Waals surface area contributed by atoms with Gasteiger partial charge in [-0.25, -0.2) is 0 Å². The number of ether oxygens (including phenoxy) is 1. The first-order valence-electron chi connectivity index (χ1n) is 12.0. The van der Waals surface area contributed by atoms with E-state index in [0.717, 1.165) is 48.9 Å². The van der Waals surface area contributed by atoms with Gasteiger partial charge in [0.1, 0.15) is 12.4 Å². The lowest BCUT2D eigenvalue weighted by Gasteiger charge is -2.38. The van der Waals surface area contributed by atoms with Crippen LogP contribution in [-0.4, -0.2) is 53.7 Å². The first kappa shape index (κ1) is 24.8. The van der Waals surface area contributed by atoms with Crippen molar-refractivity contribution in [2.45, 2.75) is 64.5 Å². The maximum absolute atomic E-state index is 13.7. The summed E-state index contributed by atoms with van der Waals surface area (Å²) in [6, 6.07) is 14.3. The van der Waals surface area contributed by atoms with Gasteiger partial charge in [-0.3, -0.25) is 9.59 Å². The van der Waals surface area contributed by atoms with Crippen molar-refractivity contribution < 1.29 is 19.4 Å². The summed E-state index contributed by atoms with van der Waals surface area (Å²) in [4.78, 5) is 26.5. The number of aliphatic carboxylic acids is 1. The van der Waals surface area contributed by atoms with Crippen molar-refractivity contribution >= 4 is 22.6 Å². The van der Waals surface area contributed by atoms with Crippen LogP contribution in [0.5, 0.6) is 5.75 Å². The minimum Gasteiger partial charge on any atom is -0.488 e. The van der Waals surface area contributed by atoms with Gasteiger partial charge in [0.15, 0.2) is 0 Å². The number of nitrogens with zero attached hydrogens (tertiary/aromatic N) is 1. The molecule has 2 N–H and O–H groups in total. The van der Waals surface area contributed by atoms with Crippen molar-refractivity contribution in [3.63, 3.8) is 0 Å². The Kier molecular flexibility index (Phi) is 9.31. The number of amides is 1. The van der Waals surface area contributed by atoms with Gasteiger partial charge in [-0.05, 0) is 70.5 Å². The number of carbonyl (C=O) groups excluding carboxylic acids is 1. The maximum Gasteiger partial charge on any atom is 0.303 e. The van der Waals surface area contributed by atoms with Crippen LogP contribution in [0.15, 0.2) is 54.1 Å². The van der Waals surface area contributed by atoms with Crippen LogP contribution in [0, 0.1) is 0 Å². The first-order chi connectivity index (χ1) is 16.0. The van der Waals surface area contributed by atoms with E-state index in [-0.39, 0.29) is 31.0 Å². The maximum atomic E-state index is 13.7. The molecule has 1 aliphatic heterocycles. The summed E-state index contributed by atoms with van der Waals surface area (Å²) in [5, 5.41) is 14.4. The Balaban J connectivity index is 1.78. The van der Waals surface area contributed by atoms with E-state index in [9.17, 15) is 9.59 Å². The molecule has 0 saturated carbocycles. The molecule has 1 saturated heterocycles. The Hall–Kier alpha value is -2.86. The van der Waals surface area contributed by atoms with Gasteiger partial charge in [0.25, 0.3) is 5.91 Å². The van der Waals surface area contributed by atoms with Crippen LogP contribution < -0.4 is 10.1 Å². The molecule has 33 heavy (non-hydrogen) atoms. The number of allylic oxidation sites excluding steroid dienone is 1. The molecule has 1 amide bonds. The standard InChI is InChI=1S/C27H36N2O4/c1-20(2)29(23-15-17-28-18-16-23)27(32)22(10-4-3-5-14-26(30)31)19-33-25-13-8-11-21-9-6-7-12-24(21)25/h6-13,20,23,28H,3-5,14-19H2,1-2H3,(H,30,31)/b22-10+. The lowest BCUT2D eigenvalue weighted by Crippen LogP contribution is -2.50. The molecule has 0 aliphatic carbocycles. The number of hydrogen-bond donors (Lipinski definition) is 2. The molecule has 0 aromatic heterocycles. The number of carboxylic acids is 1. The van der Waals surface area contributed by atoms with Gasteiger partial charge in [-0.1, -0.05) is 42.5 Å². The molecule has 3 rings (SSSR count). The quantitative estimate of drug-likeness (QED) is 0.379. The molecule has 1 heterocycles. The second-order valence-corrected chi connectivity index (χ2v) is 8.92. The van der Waals surface area contributed by atoms with Crippen molar-refractivity contribution in [3.8, 4) is 5.75 Å². The highest BCUT2D eigenvalue weighted by Crippen LogP contribution is 2.26. The lowest BCUT2D eigenvalue weighted by atomic mass is 10.0. The third kappa shape index (κ3) is 7.06. The molecule has 2 aromatic carbocycles. The highest BCUT2D eigenvalue weighted by Gasteiger charge is 2.29. The zero-order valence-electron chi connectivity index (χ0n) is 19.8. The smallest absolute Gasteiger partial charge is 0.303 e. The number of fused-ring (bicyclic) bond motifs is 1. The molecule has 6 nitrogen and oxygen atoms in total. The van der Waals surface area contributed by atoms with Crippen molar-refractivity contribution in [1.82, 2.24) is 10.2 Å². The highest BCUT2D eigenvalue weighted by molar-refractivity contribution is 5.94. The molecule has 178 valence electrons. The van der Waals surface area contributed by atoms with Crippen LogP contribution in [0.4, 0.5) is 0 Å². The van der Waals surface area contributed by atoms with Crippen LogP contribution in [0.25, 0.3) is 10.8 Å². The average Bonchev–Trinajstić information content (AvgIpc) is 2.81. The van der Waals surface area contributed by atoms with E-state index >= 15 is 0 Å². The van der Waals surface area contributed by atoms with Crippen LogP contribution in [-0.2, 0) is 9.59 Å². The van der Waals surface area contributed by atoms with E-state index in [2.05, 4.69) is 19.2 Å². The lowest BCUT2D eigenvalue weighted by molar-refractivity contribution is -0.137. The third-order valence-corrected chi connectivity index (χ3v) is 6.14. The van der Waals surface area contributed by atoms with Crippen LogP contribution in [0.3, 0.4) is 0 Å². The van der Waals surface area contributed by atoms with Crippen LogP contribution in [0.2, 0.25) is 0 Å². The van der Waals surface area contributed by atoms with Crippen molar-refractivity contribution in [1.29, 1.82) is 0 Å². The van der Waals surface area contributed by atoms with E-state index < -0.39 is 5.97 Å². The fraction of sp³-hybridized carbons (Fsp3) is 0.481. The number of piperidine rings is 1. The van der Waals surface area contributed by atoms with E-state index in [1.807, 2.05) is 53.4 Å². The summed E-state index contributed by atoms with van der Waals surface area (Å²) >= 11 is 0. The molecule has 0 unspecified atom stereocenters. The number of hydrogen-bond acceptors (Lipinski definition) is 4. The largest absolute Gasteiger partial charge is 0.488 e. The van der Waals surface area contributed by atoms with Gasteiger partial charge in [-0.2, -0.15) is 0 Å². The van der Waals surface area contributed by atoms with E-state index in [1.54, 1.807) is 0 Å². The zero-order valence-corrected chi connectivity index (χ0v) is 19.8. The van der Waals surface area contributed by atoms with Gasteiger partial charge in [0, 0.05) is 23.9 Å². The second kappa shape index (κ2) is 12.4. The van der Waals surface area contributed by atoms with Gasteiger partial charge < -0.3 is 20.1 Å². The number of benzene rings is 2. The van der Waals surface area contributed by atoms with E-state index in [0.29, 0.717) is 18.4 Å². The van der Waals surface area contributed by atoms with Crippen LogP contribution >= 0.6 is 0 Å². The van der Waals surface area contributed by atoms with Gasteiger partial charge in [-0.15, -0.1) is 0 Å². The van der Waals surface area contributed by atoms with Crippen molar-refractivity contribution in [2.24, 2.45) is 0 Å². The molecular formula is C27H36N2O4. The molecule has 6 heteroatoms. The molecule has 0 atom stereocenters.